The van der Waals surface area contributed by atoms with Crippen molar-refractivity contribution in [3.05, 3.63) is 71.3 Å². The third-order valence-electron chi connectivity index (χ3n) is 12.1. The Bertz CT molecular complexity index is 5110. The third kappa shape index (κ3) is 14.6. The van der Waals surface area contributed by atoms with Crippen molar-refractivity contribution < 1.29 is 97.2 Å². The summed E-state index contributed by atoms with van der Waals surface area (Å²) in [5.41, 5.74) is -2.21. The highest BCUT2D eigenvalue weighted by Gasteiger charge is 2.30. The number of fused-ring (bicyclic) bond motifs is 6. The number of nitrogens with one attached hydrogen (secondary N) is 1. The second-order valence-corrected chi connectivity index (χ2v) is 29.0. The number of ether oxygens (including phenoxy) is 2. The number of aryl methyl sites for hydroxylation is 1. The number of hydrogen-bond donors (Lipinski definition) is 8. The number of nitriles is 1. The molecule has 0 saturated carbocycles. The maximum absolute atomic E-state index is 12.7. The van der Waals surface area contributed by atoms with Crippen LogP contribution in [-0.2, 0) is 65.5 Å². The average Bonchev–Trinajstić information content (AvgIpc) is 1.67. The number of aromatic hydroxyl groups is 1. The highest BCUT2D eigenvalue weighted by Crippen LogP contribution is 2.46. The van der Waals surface area contributed by atoms with E-state index in [1.807, 2.05) is 6.07 Å². The summed E-state index contributed by atoms with van der Waals surface area (Å²) >= 11 is 1.40. The van der Waals surface area contributed by atoms with Crippen molar-refractivity contribution in [1.29, 1.82) is 5.26 Å². The molecule has 41 heteroatoms. The molecule has 0 radical (unpaired) electrons. The summed E-state index contributed by atoms with van der Waals surface area (Å²) in [6.07, 6.45) is -0.422. The summed E-state index contributed by atoms with van der Waals surface area (Å²) in [6, 6.07) is 11.3. The molecule has 8 N–H and O–H groups in total. The zero-order valence-corrected chi connectivity index (χ0v) is 51.0. The number of aromatic nitrogens is 3. The molecule has 3 heterocycles. The summed E-state index contributed by atoms with van der Waals surface area (Å²) in [4.78, 5) is 17.2. The molecule has 0 bridgehead atoms. The molecule has 0 aliphatic carbocycles. The quantitative estimate of drug-likeness (QED) is 0.0136. The first kappa shape index (κ1) is 65.2. The van der Waals surface area contributed by atoms with Crippen LogP contribution in [-0.4, -0.2) is 134 Å². The number of amides is 1. The number of rotatable bonds is 22. The molecule has 8 rings (SSSR count). The Balaban J connectivity index is 1.25. The number of carbonyl (C=O) groups is 1. The summed E-state index contributed by atoms with van der Waals surface area (Å²) < 4.78 is 217. The van der Waals surface area contributed by atoms with Crippen LogP contribution in [0.5, 0.6) is 17.4 Å². The number of pyridine rings is 1. The first-order chi connectivity index (χ1) is 40.4. The number of thioether (sulfide) groups is 1. The van der Waals surface area contributed by atoms with Gasteiger partial charge in [-0.05, 0) is 86.5 Å². The fourth-order valence-electron chi connectivity index (χ4n) is 8.36. The van der Waals surface area contributed by atoms with Crippen molar-refractivity contribution in [2.75, 3.05) is 36.3 Å². The summed E-state index contributed by atoms with van der Waals surface area (Å²) in [5, 5.41) is 48.6. The van der Waals surface area contributed by atoms with Crippen molar-refractivity contribution in [1.82, 2.24) is 14.4 Å². The molecule has 0 fully saturated rings. The normalized spacial score (nSPS) is 13.1. The Morgan fingerprint density at radius 1 is 0.713 bits per heavy atom. The predicted octanol–water partition coefficient (Wildman–Crippen LogP) is 8.67. The minimum Gasteiger partial charge on any atom is -0.495 e. The molecule has 0 atom stereocenters. The monoisotopic (exact) mass is 1360 g/mol. The number of methoxy groups -OCH3 is 1. The van der Waals surface area contributed by atoms with Crippen molar-refractivity contribution in [3.8, 4) is 23.4 Å². The van der Waals surface area contributed by atoms with Gasteiger partial charge >= 0.3 is 0 Å². The van der Waals surface area contributed by atoms with Crippen LogP contribution >= 0.6 is 23.1 Å². The van der Waals surface area contributed by atoms with Gasteiger partial charge in [0.2, 0.25) is 16.9 Å². The molecule has 0 aliphatic rings. The van der Waals surface area contributed by atoms with Crippen LogP contribution in [0.4, 0.5) is 39.3 Å². The number of nitrogens with zero attached hydrogens (tertiary/aromatic N) is 10. The van der Waals surface area contributed by atoms with Crippen LogP contribution in [0.25, 0.3) is 37.7 Å². The lowest BCUT2D eigenvalue weighted by atomic mass is 10.1. The Labute approximate surface area is 500 Å². The van der Waals surface area contributed by atoms with Gasteiger partial charge in [0.05, 0.1) is 51.7 Å². The third-order valence-corrected chi connectivity index (χ3v) is 19.3. The van der Waals surface area contributed by atoms with E-state index in [0.717, 1.165) is 36.3 Å². The summed E-state index contributed by atoms with van der Waals surface area (Å²) in [6.45, 7) is 3.61. The van der Waals surface area contributed by atoms with Gasteiger partial charge in [-0.15, -0.1) is 37.3 Å². The molecule has 0 spiro atoms. The van der Waals surface area contributed by atoms with Crippen molar-refractivity contribution in [2.24, 2.45) is 30.7 Å². The zero-order valence-electron chi connectivity index (χ0n) is 44.4. The van der Waals surface area contributed by atoms with E-state index in [1.54, 1.807) is 0 Å². The minimum absolute atomic E-state index is 0.00415. The SMILES string of the molecule is COc1ccc2nc3c(C#N)c(C)c(N=Nc4cc(C)c(N=Nc5cc(NC(C)=O)c(N=Nc6nc7c(S(=O)(=O)O)cc8c(S(=O)(=O)O)cc(S(=O)(=O)O)cc8c7s6)cc5SCCCS(=O)(=O)O)cc4OCCCS(=O)(=O)O)c(O)n3c2c1S(=O)(=O)O. The largest absolute Gasteiger partial charge is 0.495 e. The fraction of sp³-hybridized carbons (Fsp3) is 0.217. The zero-order chi connectivity index (χ0) is 64.1. The van der Waals surface area contributed by atoms with E-state index in [-0.39, 0.29) is 96.0 Å². The lowest BCUT2D eigenvalue weighted by molar-refractivity contribution is -0.114. The van der Waals surface area contributed by atoms with Crippen LogP contribution in [0.2, 0.25) is 0 Å². The number of hydrogen-bond acceptors (Lipinski definition) is 27. The van der Waals surface area contributed by atoms with Crippen molar-refractivity contribution in [3.63, 3.8) is 0 Å². The number of anilines is 1. The van der Waals surface area contributed by atoms with Crippen molar-refractivity contribution in [2.45, 2.75) is 58.1 Å². The molecule has 5 aromatic carbocycles. The number of imidazole rings is 1. The first-order valence-corrected chi connectivity index (χ1v) is 34.6. The average molecular weight is 1360 g/mol. The lowest BCUT2D eigenvalue weighted by Crippen LogP contribution is -2.08. The Kier molecular flexibility index (Phi) is 18.3. The molecule has 3 aromatic heterocycles. The minimum atomic E-state index is -5.36. The number of benzene rings is 5. The maximum Gasteiger partial charge on any atom is 0.300 e. The molecule has 460 valence electrons. The van der Waals surface area contributed by atoms with Crippen LogP contribution in [0.15, 0.2) is 110 Å². The topological polar surface area (TPSA) is 522 Å². The van der Waals surface area contributed by atoms with Gasteiger partial charge in [-0.1, -0.05) is 11.3 Å². The molecule has 87 heavy (non-hydrogen) atoms. The van der Waals surface area contributed by atoms with Crippen LogP contribution in [0, 0.1) is 25.2 Å². The van der Waals surface area contributed by atoms with Crippen molar-refractivity contribution >= 4 is 167 Å². The van der Waals surface area contributed by atoms with E-state index in [1.165, 1.54) is 50.2 Å². The van der Waals surface area contributed by atoms with E-state index in [4.69, 9.17) is 9.47 Å². The maximum atomic E-state index is 12.7. The number of azo groups is 3. The van der Waals surface area contributed by atoms with Gasteiger partial charge in [0, 0.05) is 34.2 Å². The van der Waals surface area contributed by atoms with E-state index >= 15 is 0 Å². The Morgan fingerprint density at radius 3 is 1.97 bits per heavy atom. The van der Waals surface area contributed by atoms with E-state index in [9.17, 15) is 93.0 Å². The molecular formula is C46H41N11O22S8. The Morgan fingerprint density at radius 2 is 1.36 bits per heavy atom. The van der Waals surface area contributed by atoms with Gasteiger partial charge in [0.1, 0.15) is 61.0 Å². The second-order valence-electron chi connectivity index (χ2n) is 18.2. The molecule has 0 saturated heterocycles. The first-order valence-electron chi connectivity index (χ1n) is 23.9. The van der Waals surface area contributed by atoms with Gasteiger partial charge < -0.3 is 19.9 Å². The number of carbonyl (C=O) groups excluding carboxylic acids is 1. The smallest absolute Gasteiger partial charge is 0.300 e. The van der Waals surface area contributed by atoms with Crippen LogP contribution < -0.4 is 14.8 Å². The lowest BCUT2D eigenvalue weighted by Gasteiger charge is -2.13. The van der Waals surface area contributed by atoms with Gasteiger partial charge in [-0.3, -0.25) is 36.5 Å². The predicted molar refractivity (Wildman–Crippen MR) is 309 cm³/mol. The summed E-state index contributed by atoms with van der Waals surface area (Å²) in [5.74, 6) is -3.49. The van der Waals surface area contributed by atoms with Gasteiger partial charge in [-0.25, -0.2) is 9.97 Å². The fourth-order valence-corrected chi connectivity index (χ4v) is 14.3. The Hall–Kier alpha value is -7.83. The second kappa shape index (κ2) is 24.4. The molecular weight excluding hydrogens is 1320 g/mol. The molecule has 33 nitrogen and oxygen atoms in total. The van der Waals surface area contributed by atoms with E-state index < -0.39 is 143 Å². The van der Waals surface area contributed by atoms with Gasteiger partial charge in [0.25, 0.3) is 60.7 Å². The molecule has 0 unspecified atom stereocenters. The molecule has 0 aliphatic heterocycles. The molecule has 8 aromatic rings. The molecule has 1 amide bonds. The highest BCUT2D eigenvalue weighted by atomic mass is 32.2. The summed E-state index contributed by atoms with van der Waals surface area (Å²) in [7, 11) is -28.7. The highest BCUT2D eigenvalue weighted by molar-refractivity contribution is 7.99. The van der Waals surface area contributed by atoms with E-state index in [2.05, 4.69) is 46.0 Å². The van der Waals surface area contributed by atoms with Gasteiger partial charge in [-0.2, -0.15) is 60.9 Å². The van der Waals surface area contributed by atoms with E-state index in [0.29, 0.717) is 23.5 Å². The van der Waals surface area contributed by atoms with Crippen LogP contribution in [0.1, 0.15) is 36.5 Å². The standard InChI is InChI=1S/C46H41N11O22S8/c1-21-13-32(53-55-39-22(2)27(20-47)44-49-28-7-8-34(78-4)43(87(75,76)77)41(28)57(44)45(39)59)35(79-9-5-11-82(60,61)62)18-29(21)51-54-33-17-30(48-23(3)58)31(19-36(33)80-10-6-12-83(63,64)65)52-56-46-50-40-38(86(72,73)74)16-25-26(42(40)81-46)14-24(84(66,67)68)15-37(25)85(69,70)71/h7-8,13-19,59H,5-6,9-12H2,1-4H3,(H,48,58)(H,60,61,62)(H,63,64,65)(H,66,67,68)(H,69,70,71)(H,72,73,74)(H,75,76,77). The van der Waals surface area contributed by atoms with Crippen LogP contribution in [0.3, 0.4) is 0 Å². The number of thiazole rings is 1. The van der Waals surface area contributed by atoms with Gasteiger partial charge in [0.15, 0.2) is 16.2 Å².